The highest BCUT2D eigenvalue weighted by Gasteiger charge is 2.18. The van der Waals surface area contributed by atoms with Gasteiger partial charge < -0.3 is 19.7 Å². The molecule has 0 aromatic heterocycles. The van der Waals surface area contributed by atoms with Crippen molar-refractivity contribution in [3.05, 3.63) is 69.8 Å². The summed E-state index contributed by atoms with van der Waals surface area (Å²) < 4.78 is 10.2. The van der Waals surface area contributed by atoms with Crippen molar-refractivity contribution < 1.29 is 24.0 Å². The molecule has 156 valence electrons. The average Bonchev–Trinajstić information content (AvgIpc) is 2.78. The Morgan fingerprint density at radius 1 is 1.20 bits per heavy atom. The van der Waals surface area contributed by atoms with E-state index in [1.807, 2.05) is 0 Å². The van der Waals surface area contributed by atoms with Gasteiger partial charge in [0.1, 0.15) is 0 Å². The van der Waals surface area contributed by atoms with Crippen LogP contribution < -0.4 is 10.2 Å². The van der Waals surface area contributed by atoms with E-state index < -0.39 is 16.8 Å². The van der Waals surface area contributed by atoms with Crippen molar-refractivity contribution in [3.63, 3.8) is 0 Å². The summed E-state index contributed by atoms with van der Waals surface area (Å²) in [6.45, 7) is 2.60. The van der Waals surface area contributed by atoms with E-state index in [-0.39, 0.29) is 16.9 Å². The molecule has 0 saturated carbocycles. The number of anilines is 2. The van der Waals surface area contributed by atoms with Crippen LogP contribution in [0.25, 0.3) is 6.08 Å². The number of benzene rings is 2. The Labute approximate surface area is 173 Å². The van der Waals surface area contributed by atoms with Crippen molar-refractivity contribution in [2.75, 3.05) is 43.6 Å². The van der Waals surface area contributed by atoms with Crippen LogP contribution in [0.4, 0.5) is 17.1 Å². The number of amides is 1. The summed E-state index contributed by atoms with van der Waals surface area (Å²) in [5.41, 5.74) is 1.53. The summed E-state index contributed by atoms with van der Waals surface area (Å²) in [7, 11) is 1.27. The average molecular weight is 411 g/mol. The van der Waals surface area contributed by atoms with Gasteiger partial charge in [-0.05, 0) is 30.3 Å². The molecule has 1 amide bonds. The van der Waals surface area contributed by atoms with E-state index in [0.29, 0.717) is 31.9 Å². The minimum absolute atomic E-state index is 0.105. The molecule has 2 aromatic rings. The normalized spacial score (nSPS) is 13.8. The van der Waals surface area contributed by atoms with Crippen LogP contribution in [0.15, 0.2) is 48.5 Å². The Bertz CT molecular complexity index is 982. The van der Waals surface area contributed by atoms with Gasteiger partial charge in [0.2, 0.25) is 5.91 Å². The maximum atomic E-state index is 12.4. The van der Waals surface area contributed by atoms with Gasteiger partial charge in [-0.1, -0.05) is 12.1 Å². The number of nitro benzene ring substituents is 1. The number of nitrogens with zero attached hydrogens (tertiary/aromatic N) is 2. The van der Waals surface area contributed by atoms with E-state index in [2.05, 4.69) is 10.2 Å². The van der Waals surface area contributed by atoms with E-state index in [4.69, 9.17) is 9.47 Å². The molecule has 1 saturated heterocycles. The molecule has 1 aliphatic rings. The number of methoxy groups -OCH3 is 1. The van der Waals surface area contributed by atoms with Crippen molar-refractivity contribution in [3.8, 4) is 0 Å². The minimum atomic E-state index is -0.580. The number of esters is 1. The lowest BCUT2D eigenvalue weighted by molar-refractivity contribution is -0.385. The fourth-order valence-corrected chi connectivity index (χ4v) is 3.07. The minimum Gasteiger partial charge on any atom is -0.465 e. The standard InChI is InChI=1S/C21H21N3O6/c1-29-21(26)17-14-16(23-10-12-30-13-11-23)7-8-18(17)22-20(25)9-6-15-4-2-3-5-19(15)24(27)28/h2-9,14H,10-13H2,1H3,(H,22,25)/b9-6+. The molecule has 9 nitrogen and oxygen atoms in total. The lowest BCUT2D eigenvalue weighted by Gasteiger charge is -2.29. The molecule has 0 atom stereocenters. The number of hydrogen-bond donors (Lipinski definition) is 1. The first-order chi connectivity index (χ1) is 14.5. The van der Waals surface area contributed by atoms with Gasteiger partial charge in [-0.2, -0.15) is 0 Å². The Balaban J connectivity index is 1.80. The van der Waals surface area contributed by atoms with Gasteiger partial charge in [-0.25, -0.2) is 4.79 Å². The maximum Gasteiger partial charge on any atom is 0.340 e. The molecular weight excluding hydrogens is 390 g/mol. The third-order valence-electron chi connectivity index (χ3n) is 4.59. The highest BCUT2D eigenvalue weighted by Crippen LogP contribution is 2.25. The zero-order chi connectivity index (χ0) is 21.5. The Kier molecular flexibility index (Phi) is 6.76. The molecule has 30 heavy (non-hydrogen) atoms. The highest BCUT2D eigenvalue weighted by atomic mass is 16.6. The van der Waals surface area contributed by atoms with Crippen LogP contribution in [0, 0.1) is 10.1 Å². The molecule has 1 fully saturated rings. The molecule has 9 heteroatoms. The van der Waals surface area contributed by atoms with E-state index in [1.54, 1.807) is 36.4 Å². The Morgan fingerprint density at radius 3 is 2.63 bits per heavy atom. The van der Waals surface area contributed by atoms with E-state index in [9.17, 15) is 19.7 Å². The molecule has 0 bridgehead atoms. The van der Waals surface area contributed by atoms with Gasteiger partial charge >= 0.3 is 5.97 Å². The molecule has 1 heterocycles. The molecule has 0 aliphatic carbocycles. The lowest BCUT2D eigenvalue weighted by atomic mass is 10.1. The van der Waals surface area contributed by atoms with Crippen molar-refractivity contribution in [2.45, 2.75) is 0 Å². The first kappa shape index (κ1) is 21.0. The van der Waals surface area contributed by atoms with E-state index in [1.165, 1.54) is 25.3 Å². The number of hydrogen-bond acceptors (Lipinski definition) is 7. The van der Waals surface area contributed by atoms with Crippen LogP contribution in [0.5, 0.6) is 0 Å². The Hall–Kier alpha value is -3.72. The molecule has 0 spiro atoms. The summed E-state index contributed by atoms with van der Waals surface area (Å²) in [6.07, 6.45) is 2.53. The molecule has 1 N–H and O–H groups in total. The predicted octanol–water partition coefficient (Wildman–Crippen LogP) is 2.87. The van der Waals surface area contributed by atoms with Crippen LogP contribution >= 0.6 is 0 Å². The van der Waals surface area contributed by atoms with Gasteiger partial charge in [0.25, 0.3) is 5.69 Å². The molecule has 2 aromatic carbocycles. The van der Waals surface area contributed by atoms with Crippen molar-refractivity contribution in [1.29, 1.82) is 0 Å². The predicted molar refractivity (Wildman–Crippen MR) is 112 cm³/mol. The molecule has 0 radical (unpaired) electrons. The van der Waals surface area contributed by atoms with Gasteiger partial charge in [0, 0.05) is 30.9 Å². The second kappa shape index (κ2) is 9.66. The highest BCUT2D eigenvalue weighted by molar-refractivity contribution is 6.07. The van der Waals surface area contributed by atoms with Gasteiger partial charge in [0.05, 0.1) is 42.1 Å². The van der Waals surface area contributed by atoms with Gasteiger partial charge in [-0.15, -0.1) is 0 Å². The summed E-state index contributed by atoms with van der Waals surface area (Å²) >= 11 is 0. The first-order valence-corrected chi connectivity index (χ1v) is 9.27. The SMILES string of the molecule is COC(=O)c1cc(N2CCOCC2)ccc1NC(=O)/C=C/c1ccccc1[N+](=O)[O-]. The fourth-order valence-electron chi connectivity index (χ4n) is 3.07. The fraction of sp³-hybridized carbons (Fsp3) is 0.238. The molecule has 1 aliphatic heterocycles. The first-order valence-electron chi connectivity index (χ1n) is 9.27. The van der Waals surface area contributed by atoms with E-state index >= 15 is 0 Å². The second-order valence-electron chi connectivity index (χ2n) is 6.46. The van der Waals surface area contributed by atoms with Crippen LogP contribution in [0.1, 0.15) is 15.9 Å². The van der Waals surface area contributed by atoms with Crippen LogP contribution in [-0.4, -0.2) is 50.2 Å². The van der Waals surface area contributed by atoms with Gasteiger partial charge in [0.15, 0.2) is 0 Å². The number of nitro groups is 1. The summed E-state index contributed by atoms with van der Waals surface area (Å²) in [5, 5.41) is 13.7. The van der Waals surface area contributed by atoms with Crippen molar-refractivity contribution in [1.82, 2.24) is 0 Å². The van der Waals surface area contributed by atoms with Crippen LogP contribution in [0.3, 0.4) is 0 Å². The summed E-state index contributed by atoms with van der Waals surface area (Å²) in [4.78, 5) is 37.3. The van der Waals surface area contributed by atoms with Gasteiger partial charge in [-0.3, -0.25) is 14.9 Å². The quantitative estimate of drug-likeness (QED) is 0.337. The summed E-state index contributed by atoms with van der Waals surface area (Å²) in [5.74, 6) is -1.11. The largest absolute Gasteiger partial charge is 0.465 e. The second-order valence-corrected chi connectivity index (χ2v) is 6.46. The number of morpholine rings is 1. The maximum absolute atomic E-state index is 12.4. The number of nitrogens with one attached hydrogen (secondary N) is 1. The number of rotatable bonds is 6. The monoisotopic (exact) mass is 411 g/mol. The summed E-state index contributed by atoms with van der Waals surface area (Å²) in [6, 6.07) is 11.2. The van der Waals surface area contributed by atoms with Crippen LogP contribution in [0.2, 0.25) is 0 Å². The lowest BCUT2D eigenvalue weighted by Crippen LogP contribution is -2.36. The number of para-hydroxylation sites is 1. The number of ether oxygens (including phenoxy) is 2. The van der Waals surface area contributed by atoms with Crippen molar-refractivity contribution in [2.24, 2.45) is 0 Å². The van der Waals surface area contributed by atoms with Crippen molar-refractivity contribution >= 4 is 35.0 Å². The van der Waals surface area contributed by atoms with E-state index in [0.717, 1.165) is 5.69 Å². The third-order valence-corrected chi connectivity index (χ3v) is 4.59. The molecule has 0 unspecified atom stereocenters. The molecule has 3 rings (SSSR count). The zero-order valence-electron chi connectivity index (χ0n) is 16.4. The smallest absolute Gasteiger partial charge is 0.340 e. The Morgan fingerprint density at radius 2 is 1.93 bits per heavy atom. The van der Waals surface area contributed by atoms with Crippen LogP contribution in [-0.2, 0) is 14.3 Å². The third kappa shape index (κ3) is 5.00. The number of carbonyl (C=O) groups is 2. The number of carbonyl (C=O) groups excluding carboxylic acids is 2. The molecular formula is C21H21N3O6. The topological polar surface area (TPSA) is 111 Å². The zero-order valence-corrected chi connectivity index (χ0v) is 16.4.